The third-order valence-electron chi connectivity index (χ3n) is 5.03. The van der Waals surface area contributed by atoms with E-state index >= 15 is 0 Å². The molecule has 8 nitrogen and oxygen atoms in total. The Kier molecular flexibility index (Phi) is 4.81. The molecule has 0 aliphatic carbocycles. The van der Waals surface area contributed by atoms with Crippen molar-refractivity contribution in [3.63, 3.8) is 0 Å². The minimum absolute atomic E-state index is 0.0179. The first-order valence-electron chi connectivity index (χ1n) is 8.98. The monoisotopic (exact) mass is 367 g/mol. The van der Waals surface area contributed by atoms with E-state index in [9.17, 15) is 9.59 Å². The van der Waals surface area contributed by atoms with Gasteiger partial charge in [0.25, 0.3) is 5.91 Å². The van der Waals surface area contributed by atoms with Crippen molar-refractivity contribution in [2.45, 2.75) is 25.0 Å². The van der Waals surface area contributed by atoms with Crippen molar-refractivity contribution in [1.29, 1.82) is 0 Å². The Hall–Kier alpha value is -2.87. The lowest BCUT2D eigenvalue weighted by molar-refractivity contribution is -0.122. The molecule has 2 amide bonds. The first-order chi connectivity index (χ1) is 13.1. The third-order valence-corrected chi connectivity index (χ3v) is 5.03. The van der Waals surface area contributed by atoms with Crippen molar-refractivity contribution < 1.29 is 14.3 Å². The molecule has 0 bridgehead atoms. The Labute approximate surface area is 157 Å². The second kappa shape index (κ2) is 7.40. The van der Waals surface area contributed by atoms with Crippen LogP contribution in [-0.4, -0.2) is 57.0 Å². The number of hydrogen-bond donors (Lipinski definition) is 1. The number of aromatic nitrogens is 3. The van der Waals surface area contributed by atoms with Crippen LogP contribution in [0.4, 0.5) is 0 Å². The number of hydrogen-bond acceptors (Lipinski definition) is 6. The lowest BCUT2D eigenvalue weighted by atomic mass is 9.85. The summed E-state index contributed by atoms with van der Waals surface area (Å²) in [4.78, 5) is 38.2. The fraction of sp³-hybridized carbons (Fsp3) is 0.421. The molecule has 0 saturated carbocycles. The first kappa shape index (κ1) is 17.5. The molecule has 0 aromatic carbocycles. The fourth-order valence-corrected chi connectivity index (χ4v) is 3.69. The highest BCUT2D eigenvalue weighted by molar-refractivity contribution is 5.92. The van der Waals surface area contributed by atoms with E-state index < -0.39 is 0 Å². The summed E-state index contributed by atoms with van der Waals surface area (Å²) >= 11 is 0. The summed E-state index contributed by atoms with van der Waals surface area (Å²) in [5.74, 6) is 0.0661. The number of nitrogens with zero attached hydrogens (tertiary/aromatic N) is 4. The van der Waals surface area contributed by atoms with E-state index in [1.165, 1.54) is 12.4 Å². The molecular formula is C19H21N5O3. The number of nitrogens with one attached hydrogen (secondary N) is 1. The molecule has 0 radical (unpaired) electrons. The summed E-state index contributed by atoms with van der Waals surface area (Å²) in [6.07, 6.45) is 9.17. The predicted molar refractivity (Wildman–Crippen MR) is 95.4 cm³/mol. The molecule has 2 fully saturated rings. The van der Waals surface area contributed by atoms with Crippen LogP contribution in [0.25, 0.3) is 0 Å². The van der Waals surface area contributed by atoms with E-state index in [1.807, 2.05) is 12.1 Å². The number of pyridine rings is 1. The molecule has 2 aliphatic rings. The van der Waals surface area contributed by atoms with Crippen molar-refractivity contribution >= 4 is 11.8 Å². The molecule has 1 atom stereocenters. The summed E-state index contributed by atoms with van der Waals surface area (Å²) in [6.45, 7) is 2.13. The first-order valence-corrected chi connectivity index (χ1v) is 8.98. The average molecular weight is 367 g/mol. The maximum atomic E-state index is 12.3. The highest BCUT2D eigenvalue weighted by Crippen LogP contribution is 2.39. The molecule has 1 unspecified atom stereocenters. The summed E-state index contributed by atoms with van der Waals surface area (Å²) in [7, 11) is 0. The predicted octanol–water partition coefficient (Wildman–Crippen LogP) is 0.809. The second-order valence-electron chi connectivity index (χ2n) is 7.15. The van der Waals surface area contributed by atoms with Crippen LogP contribution in [-0.2, 0) is 16.1 Å². The Morgan fingerprint density at radius 3 is 2.74 bits per heavy atom. The number of ether oxygens (including phenoxy) is 1. The highest BCUT2D eigenvalue weighted by Gasteiger charge is 2.51. The van der Waals surface area contributed by atoms with Crippen molar-refractivity contribution in [3.8, 4) is 0 Å². The number of carbonyl (C=O) groups is 2. The molecule has 4 heterocycles. The van der Waals surface area contributed by atoms with E-state index in [2.05, 4.69) is 20.3 Å². The van der Waals surface area contributed by atoms with E-state index in [0.29, 0.717) is 38.4 Å². The van der Waals surface area contributed by atoms with Crippen LogP contribution in [0.15, 0.2) is 43.1 Å². The molecule has 140 valence electrons. The summed E-state index contributed by atoms with van der Waals surface area (Å²) in [5, 5.41) is 2.94. The van der Waals surface area contributed by atoms with E-state index in [0.717, 1.165) is 12.0 Å². The normalized spacial score (nSPS) is 20.3. The number of likely N-dealkylation sites (tertiary alicyclic amines) is 1. The van der Waals surface area contributed by atoms with Gasteiger partial charge in [-0.05, 0) is 30.0 Å². The average Bonchev–Trinajstić information content (AvgIpc) is 3.10. The zero-order valence-corrected chi connectivity index (χ0v) is 14.9. The number of amides is 2. The zero-order valence-electron chi connectivity index (χ0n) is 14.9. The summed E-state index contributed by atoms with van der Waals surface area (Å²) < 4.78 is 5.95. The minimum Gasteiger partial charge on any atom is -0.371 e. The highest BCUT2D eigenvalue weighted by atomic mass is 16.5. The number of carbonyl (C=O) groups excluding carboxylic acids is 2. The van der Waals surface area contributed by atoms with Crippen LogP contribution in [0.2, 0.25) is 0 Å². The van der Waals surface area contributed by atoms with Crippen molar-refractivity contribution in [2.75, 3.05) is 19.7 Å². The van der Waals surface area contributed by atoms with Crippen molar-refractivity contribution in [1.82, 2.24) is 25.2 Å². The van der Waals surface area contributed by atoms with Crippen LogP contribution in [0, 0.1) is 5.92 Å². The second-order valence-corrected chi connectivity index (χ2v) is 7.15. The van der Waals surface area contributed by atoms with Gasteiger partial charge in [-0.1, -0.05) is 0 Å². The Morgan fingerprint density at radius 2 is 2.00 bits per heavy atom. The Morgan fingerprint density at radius 1 is 1.19 bits per heavy atom. The van der Waals surface area contributed by atoms with Crippen LogP contribution < -0.4 is 5.32 Å². The molecule has 1 spiro atoms. The standard InChI is InChI=1S/C19H21N5O3/c25-17(23-9-14-1-3-20-4-2-14)7-15-8-19(27-11-15)12-24(13-19)18(26)16-10-21-5-6-22-16/h1-6,10,15H,7-9,11-13H2,(H,23,25). The topological polar surface area (TPSA) is 97.3 Å². The van der Waals surface area contributed by atoms with Gasteiger partial charge < -0.3 is 15.0 Å². The van der Waals surface area contributed by atoms with Gasteiger partial charge in [-0.15, -0.1) is 0 Å². The molecule has 2 saturated heterocycles. The summed E-state index contributed by atoms with van der Waals surface area (Å²) in [6, 6.07) is 3.76. The van der Waals surface area contributed by atoms with Crippen LogP contribution in [0.5, 0.6) is 0 Å². The van der Waals surface area contributed by atoms with E-state index in [1.54, 1.807) is 23.5 Å². The molecule has 27 heavy (non-hydrogen) atoms. The maximum Gasteiger partial charge on any atom is 0.274 e. The lowest BCUT2D eigenvalue weighted by Gasteiger charge is -2.46. The van der Waals surface area contributed by atoms with Crippen LogP contribution in [0.3, 0.4) is 0 Å². The number of rotatable bonds is 5. The largest absolute Gasteiger partial charge is 0.371 e. The molecule has 2 aromatic heterocycles. The van der Waals surface area contributed by atoms with Gasteiger partial charge >= 0.3 is 0 Å². The molecule has 4 rings (SSSR count). The van der Waals surface area contributed by atoms with Crippen molar-refractivity contribution in [3.05, 3.63) is 54.4 Å². The molecular weight excluding hydrogens is 346 g/mol. The smallest absolute Gasteiger partial charge is 0.274 e. The SMILES string of the molecule is O=C(CC1COC2(C1)CN(C(=O)c1cnccn1)C2)NCc1ccncc1. The van der Waals surface area contributed by atoms with Crippen LogP contribution in [0.1, 0.15) is 28.9 Å². The summed E-state index contributed by atoms with van der Waals surface area (Å²) in [5.41, 5.74) is 1.06. The van der Waals surface area contributed by atoms with Gasteiger partial charge in [0.2, 0.25) is 5.91 Å². The Balaban J connectivity index is 1.23. The van der Waals surface area contributed by atoms with E-state index in [-0.39, 0.29) is 23.3 Å². The molecule has 8 heteroatoms. The molecule has 2 aromatic rings. The minimum atomic E-state index is -0.312. The van der Waals surface area contributed by atoms with E-state index in [4.69, 9.17) is 4.74 Å². The van der Waals surface area contributed by atoms with Gasteiger partial charge in [0.1, 0.15) is 11.3 Å². The van der Waals surface area contributed by atoms with Gasteiger partial charge in [0.05, 0.1) is 25.9 Å². The van der Waals surface area contributed by atoms with Gasteiger partial charge in [0, 0.05) is 37.8 Å². The molecule has 1 N–H and O–H groups in total. The molecule has 2 aliphatic heterocycles. The quantitative estimate of drug-likeness (QED) is 0.840. The third kappa shape index (κ3) is 3.95. The fourth-order valence-electron chi connectivity index (χ4n) is 3.69. The maximum absolute atomic E-state index is 12.3. The Bertz CT molecular complexity index is 809. The van der Waals surface area contributed by atoms with Crippen molar-refractivity contribution in [2.24, 2.45) is 5.92 Å². The van der Waals surface area contributed by atoms with Crippen LogP contribution >= 0.6 is 0 Å². The lowest BCUT2D eigenvalue weighted by Crippen LogP contribution is -2.63. The zero-order chi connectivity index (χ0) is 18.7. The van der Waals surface area contributed by atoms with Gasteiger partial charge in [-0.25, -0.2) is 4.98 Å². The van der Waals surface area contributed by atoms with Gasteiger partial charge in [-0.3, -0.25) is 19.6 Å². The van der Waals surface area contributed by atoms with Gasteiger partial charge in [0.15, 0.2) is 0 Å². The van der Waals surface area contributed by atoms with Gasteiger partial charge in [-0.2, -0.15) is 0 Å².